The van der Waals surface area contributed by atoms with Crippen LogP contribution in [0.3, 0.4) is 0 Å². The lowest BCUT2D eigenvalue weighted by molar-refractivity contribution is 0.177. The summed E-state index contributed by atoms with van der Waals surface area (Å²) in [5, 5.41) is 21.5. The minimum Gasteiger partial charge on any atom is -0.449 e. The zero-order chi connectivity index (χ0) is 13.0. The summed E-state index contributed by atoms with van der Waals surface area (Å²) in [6.07, 6.45) is -0.590. The highest BCUT2D eigenvalue weighted by Crippen LogP contribution is 2.26. The van der Waals surface area contributed by atoms with Crippen molar-refractivity contribution in [3.63, 3.8) is 0 Å². The maximum absolute atomic E-state index is 9.87. The van der Waals surface area contributed by atoms with E-state index in [1.165, 1.54) is 11.3 Å². The largest absolute Gasteiger partial charge is 0.449 e. The number of nitrogens with zero attached hydrogens (tertiary/aromatic N) is 1. The SMILES string of the molecule is N#Cc1ccc(CNCC(O)c2ccc(Cl)s2)o1. The van der Waals surface area contributed by atoms with Crippen LogP contribution in [-0.4, -0.2) is 11.7 Å². The monoisotopic (exact) mass is 282 g/mol. The van der Waals surface area contributed by atoms with E-state index in [0.717, 1.165) is 4.88 Å². The predicted octanol–water partition coefficient (Wildman–Crippen LogP) is 2.69. The van der Waals surface area contributed by atoms with E-state index in [1.54, 1.807) is 24.3 Å². The summed E-state index contributed by atoms with van der Waals surface area (Å²) in [5.74, 6) is 0.959. The number of rotatable bonds is 5. The molecule has 2 aromatic heterocycles. The first-order valence-electron chi connectivity index (χ1n) is 5.32. The van der Waals surface area contributed by atoms with Crippen LogP contribution in [-0.2, 0) is 6.54 Å². The highest BCUT2D eigenvalue weighted by Gasteiger charge is 2.10. The molecule has 2 rings (SSSR count). The normalized spacial score (nSPS) is 12.3. The molecule has 1 unspecified atom stereocenters. The van der Waals surface area contributed by atoms with Gasteiger partial charge in [0, 0.05) is 11.4 Å². The Hall–Kier alpha value is -1.32. The summed E-state index contributed by atoms with van der Waals surface area (Å²) < 4.78 is 5.86. The first kappa shape index (κ1) is 13.1. The van der Waals surface area contributed by atoms with Crippen molar-refractivity contribution in [2.24, 2.45) is 0 Å². The number of hydrogen-bond acceptors (Lipinski definition) is 5. The number of nitrogens with one attached hydrogen (secondary N) is 1. The average Bonchev–Trinajstić information content (AvgIpc) is 2.98. The first-order valence-corrected chi connectivity index (χ1v) is 6.51. The zero-order valence-electron chi connectivity index (χ0n) is 9.39. The number of nitriles is 1. The molecule has 94 valence electrons. The average molecular weight is 283 g/mol. The topological polar surface area (TPSA) is 69.2 Å². The van der Waals surface area contributed by atoms with Gasteiger partial charge in [-0.15, -0.1) is 11.3 Å². The van der Waals surface area contributed by atoms with E-state index in [1.807, 2.05) is 6.07 Å². The molecule has 0 spiro atoms. The summed E-state index contributed by atoms with van der Waals surface area (Å²) in [5.41, 5.74) is 0. The van der Waals surface area contributed by atoms with Gasteiger partial charge in [0.2, 0.25) is 5.76 Å². The third-order valence-corrected chi connectivity index (χ3v) is 3.66. The van der Waals surface area contributed by atoms with Crippen LogP contribution < -0.4 is 5.32 Å². The van der Waals surface area contributed by atoms with E-state index in [0.29, 0.717) is 23.2 Å². The van der Waals surface area contributed by atoms with Gasteiger partial charge in [0.25, 0.3) is 0 Å². The minimum atomic E-state index is -0.590. The van der Waals surface area contributed by atoms with Gasteiger partial charge in [-0.1, -0.05) is 11.6 Å². The van der Waals surface area contributed by atoms with Gasteiger partial charge in [-0.2, -0.15) is 5.26 Å². The molecule has 0 radical (unpaired) electrons. The molecule has 0 aliphatic carbocycles. The van der Waals surface area contributed by atoms with Gasteiger partial charge in [0.05, 0.1) is 10.9 Å². The van der Waals surface area contributed by atoms with Crippen molar-refractivity contribution in [3.8, 4) is 6.07 Å². The molecule has 1 atom stereocenters. The Morgan fingerprint density at radius 3 is 2.89 bits per heavy atom. The van der Waals surface area contributed by atoms with Crippen LogP contribution in [0.15, 0.2) is 28.7 Å². The molecule has 0 aliphatic heterocycles. The second-order valence-electron chi connectivity index (χ2n) is 3.67. The second kappa shape index (κ2) is 6.03. The molecule has 0 amide bonds. The second-order valence-corrected chi connectivity index (χ2v) is 5.41. The van der Waals surface area contributed by atoms with Crippen molar-refractivity contribution < 1.29 is 9.52 Å². The Kier molecular flexibility index (Phi) is 4.39. The lowest BCUT2D eigenvalue weighted by Gasteiger charge is -2.08. The Morgan fingerprint density at radius 2 is 2.28 bits per heavy atom. The molecule has 0 aliphatic rings. The highest BCUT2D eigenvalue weighted by atomic mass is 35.5. The molecule has 4 nitrogen and oxygen atoms in total. The van der Waals surface area contributed by atoms with E-state index < -0.39 is 6.10 Å². The maximum atomic E-state index is 9.87. The molecular formula is C12H11ClN2O2S. The van der Waals surface area contributed by atoms with Gasteiger partial charge in [-0.05, 0) is 24.3 Å². The third-order valence-electron chi connectivity index (χ3n) is 2.33. The quantitative estimate of drug-likeness (QED) is 0.885. The predicted molar refractivity (Wildman–Crippen MR) is 69.4 cm³/mol. The van der Waals surface area contributed by atoms with Gasteiger partial charge in [-0.3, -0.25) is 0 Å². The van der Waals surface area contributed by atoms with E-state index >= 15 is 0 Å². The Morgan fingerprint density at radius 1 is 1.44 bits per heavy atom. The maximum Gasteiger partial charge on any atom is 0.203 e. The van der Waals surface area contributed by atoms with Crippen LogP contribution in [0.25, 0.3) is 0 Å². The minimum absolute atomic E-state index is 0.289. The Labute approximate surface area is 113 Å². The van der Waals surface area contributed by atoms with Gasteiger partial charge < -0.3 is 14.8 Å². The summed E-state index contributed by atoms with van der Waals surface area (Å²) in [7, 11) is 0. The van der Waals surface area contributed by atoms with Gasteiger partial charge in [-0.25, -0.2) is 0 Å². The van der Waals surface area contributed by atoms with Crippen molar-refractivity contribution in [3.05, 3.63) is 45.0 Å². The van der Waals surface area contributed by atoms with Crippen molar-refractivity contribution >= 4 is 22.9 Å². The number of hydrogen-bond donors (Lipinski definition) is 2. The van der Waals surface area contributed by atoms with Crippen LogP contribution in [0.5, 0.6) is 0 Å². The standard InChI is InChI=1S/C12H11ClN2O2S/c13-12-4-3-11(18-12)10(16)7-15-6-9-2-1-8(5-14)17-9/h1-4,10,15-16H,6-7H2. The van der Waals surface area contributed by atoms with Crippen LogP contribution >= 0.6 is 22.9 Å². The molecule has 18 heavy (non-hydrogen) atoms. The summed E-state index contributed by atoms with van der Waals surface area (Å²) in [6.45, 7) is 0.872. The third kappa shape index (κ3) is 3.34. The van der Waals surface area contributed by atoms with Crippen LogP contribution in [0.1, 0.15) is 22.5 Å². The van der Waals surface area contributed by atoms with Crippen molar-refractivity contribution in [2.45, 2.75) is 12.6 Å². The molecule has 0 aromatic carbocycles. The highest BCUT2D eigenvalue weighted by molar-refractivity contribution is 7.16. The molecule has 0 saturated heterocycles. The lowest BCUT2D eigenvalue weighted by atomic mass is 10.3. The number of aliphatic hydroxyl groups is 1. The molecule has 2 heterocycles. The van der Waals surface area contributed by atoms with Gasteiger partial charge >= 0.3 is 0 Å². The summed E-state index contributed by atoms with van der Waals surface area (Å²) in [4.78, 5) is 0.824. The fourth-order valence-corrected chi connectivity index (χ4v) is 2.52. The Bertz CT molecular complexity index is 558. The number of thiophene rings is 1. The molecule has 6 heteroatoms. The number of furan rings is 1. The van der Waals surface area contributed by atoms with Crippen LogP contribution in [0, 0.1) is 11.3 Å². The van der Waals surface area contributed by atoms with Crippen molar-refractivity contribution in [1.82, 2.24) is 5.32 Å². The van der Waals surface area contributed by atoms with Crippen molar-refractivity contribution in [1.29, 1.82) is 5.26 Å². The molecule has 2 aromatic rings. The van der Waals surface area contributed by atoms with Crippen LogP contribution in [0.2, 0.25) is 4.34 Å². The molecule has 2 N–H and O–H groups in total. The fraction of sp³-hybridized carbons (Fsp3) is 0.250. The smallest absolute Gasteiger partial charge is 0.203 e. The van der Waals surface area contributed by atoms with E-state index in [2.05, 4.69) is 5.32 Å². The van der Waals surface area contributed by atoms with Crippen molar-refractivity contribution in [2.75, 3.05) is 6.54 Å². The zero-order valence-corrected chi connectivity index (χ0v) is 11.0. The first-order chi connectivity index (χ1) is 8.69. The number of halogens is 1. The lowest BCUT2D eigenvalue weighted by Crippen LogP contribution is -2.20. The molecule has 0 bridgehead atoms. The van der Waals surface area contributed by atoms with Gasteiger partial charge in [0.1, 0.15) is 17.9 Å². The molecular weight excluding hydrogens is 272 g/mol. The van der Waals surface area contributed by atoms with E-state index in [4.69, 9.17) is 21.3 Å². The molecule has 0 saturated carbocycles. The summed E-state index contributed by atoms with van der Waals surface area (Å²) >= 11 is 7.15. The van der Waals surface area contributed by atoms with Crippen LogP contribution in [0.4, 0.5) is 0 Å². The van der Waals surface area contributed by atoms with Gasteiger partial charge in [0.15, 0.2) is 0 Å². The Balaban J connectivity index is 1.80. The van der Waals surface area contributed by atoms with E-state index in [-0.39, 0.29) is 5.76 Å². The molecule has 0 fully saturated rings. The fourth-order valence-electron chi connectivity index (χ4n) is 1.47. The van der Waals surface area contributed by atoms with E-state index in [9.17, 15) is 5.11 Å². The summed E-state index contributed by atoms with van der Waals surface area (Å²) in [6, 6.07) is 8.84. The number of aliphatic hydroxyl groups excluding tert-OH is 1.